The third kappa shape index (κ3) is 3.57. The van der Waals surface area contributed by atoms with Crippen LogP contribution in [-0.4, -0.2) is 58.2 Å². The van der Waals surface area contributed by atoms with Crippen molar-refractivity contribution in [3.05, 3.63) is 41.2 Å². The highest BCUT2D eigenvalue weighted by Gasteiger charge is 2.47. The zero-order valence-corrected chi connectivity index (χ0v) is 19.5. The molecule has 1 amide bonds. The van der Waals surface area contributed by atoms with Gasteiger partial charge in [0, 0.05) is 37.1 Å². The van der Waals surface area contributed by atoms with Crippen LogP contribution in [-0.2, 0) is 9.53 Å². The molecular formula is C23H24BrN7O2. The standard InChI is InChI=1S/C23H24BrN7O2/c24-15-11-27-23-20(19(15)28-18-13-2-1-12(9-13)17(18)21(25)32)29-22(30-23)14-3-4-26-16(10-14)31-5-7-33-8-6-31/h1-4,10-13,17-18H,5-9H2,(H2,25,32)(H2,27,28,29,30)/t12-,13+,17+,18?/m1/s1. The molecule has 2 bridgehead atoms. The summed E-state index contributed by atoms with van der Waals surface area (Å²) >= 11 is 3.63. The Morgan fingerprint density at radius 3 is 2.88 bits per heavy atom. The fourth-order valence-corrected chi connectivity index (χ4v) is 5.73. The van der Waals surface area contributed by atoms with E-state index in [9.17, 15) is 4.79 Å². The van der Waals surface area contributed by atoms with Gasteiger partial charge in [0.2, 0.25) is 5.91 Å². The molecule has 9 nitrogen and oxygen atoms in total. The smallest absolute Gasteiger partial charge is 0.223 e. The molecule has 3 aliphatic rings. The van der Waals surface area contributed by atoms with Crippen molar-refractivity contribution in [1.29, 1.82) is 0 Å². The second-order valence-electron chi connectivity index (χ2n) is 8.81. The number of nitrogens with one attached hydrogen (secondary N) is 2. The number of imidazole rings is 1. The quantitative estimate of drug-likeness (QED) is 0.452. The van der Waals surface area contributed by atoms with Crippen molar-refractivity contribution in [2.75, 3.05) is 36.5 Å². The highest BCUT2D eigenvalue weighted by molar-refractivity contribution is 9.10. The minimum atomic E-state index is -0.261. The molecule has 3 aromatic heterocycles. The predicted octanol–water partition coefficient (Wildman–Crippen LogP) is 2.71. The molecule has 1 saturated heterocycles. The number of allylic oxidation sites excluding steroid dienone is 1. The summed E-state index contributed by atoms with van der Waals surface area (Å²) < 4.78 is 6.26. The van der Waals surface area contributed by atoms with Crippen LogP contribution in [0.4, 0.5) is 11.5 Å². The van der Waals surface area contributed by atoms with Crippen molar-refractivity contribution in [2.45, 2.75) is 12.5 Å². The van der Waals surface area contributed by atoms with Crippen LogP contribution in [0.5, 0.6) is 0 Å². The lowest BCUT2D eigenvalue weighted by molar-refractivity contribution is -0.122. The Labute approximate surface area is 199 Å². The number of aromatic nitrogens is 4. The Kier molecular flexibility index (Phi) is 5.06. The van der Waals surface area contributed by atoms with Gasteiger partial charge >= 0.3 is 0 Å². The van der Waals surface area contributed by atoms with E-state index < -0.39 is 0 Å². The van der Waals surface area contributed by atoms with Crippen LogP contribution in [0, 0.1) is 17.8 Å². The summed E-state index contributed by atoms with van der Waals surface area (Å²) in [5.41, 5.74) is 8.94. The second-order valence-corrected chi connectivity index (χ2v) is 9.67. The molecule has 3 aromatic rings. The van der Waals surface area contributed by atoms with Crippen LogP contribution in [0.2, 0.25) is 0 Å². The Hall–Kier alpha value is -2.98. The highest BCUT2D eigenvalue weighted by Crippen LogP contribution is 2.46. The number of ether oxygens (including phenoxy) is 1. The molecular weight excluding hydrogens is 486 g/mol. The molecule has 6 rings (SSSR count). The average Bonchev–Trinajstić information content (AvgIpc) is 3.56. The van der Waals surface area contributed by atoms with Gasteiger partial charge in [-0.05, 0) is 46.3 Å². The Balaban J connectivity index is 1.35. The van der Waals surface area contributed by atoms with Crippen LogP contribution in [0.15, 0.2) is 41.2 Å². The summed E-state index contributed by atoms with van der Waals surface area (Å²) in [6, 6.07) is 3.92. The van der Waals surface area contributed by atoms with Crippen LogP contribution in [0.1, 0.15) is 6.42 Å². The second kappa shape index (κ2) is 8.11. The van der Waals surface area contributed by atoms with Crippen LogP contribution >= 0.6 is 15.9 Å². The summed E-state index contributed by atoms with van der Waals surface area (Å²) in [4.78, 5) is 31.6. The molecule has 4 atom stereocenters. The number of nitrogens with two attached hydrogens (primary N) is 1. The largest absolute Gasteiger partial charge is 0.378 e. The number of halogens is 1. The molecule has 0 spiro atoms. The third-order valence-corrected chi connectivity index (χ3v) is 7.53. The number of rotatable bonds is 5. The fraction of sp³-hybridized carbons (Fsp3) is 0.391. The van der Waals surface area contributed by atoms with Crippen LogP contribution in [0.3, 0.4) is 0 Å². The van der Waals surface area contributed by atoms with Gasteiger partial charge in [-0.15, -0.1) is 0 Å². The molecule has 2 aliphatic carbocycles. The number of carbonyl (C=O) groups excluding carboxylic acids is 1. The van der Waals surface area contributed by atoms with Gasteiger partial charge in [0.15, 0.2) is 5.65 Å². The van der Waals surface area contributed by atoms with E-state index in [0.29, 0.717) is 18.9 Å². The van der Waals surface area contributed by atoms with E-state index in [2.05, 4.69) is 53.3 Å². The average molecular weight is 510 g/mol. The summed E-state index contributed by atoms with van der Waals surface area (Å²) in [7, 11) is 0. The van der Waals surface area contributed by atoms with Gasteiger partial charge in [0.25, 0.3) is 0 Å². The number of nitrogens with zero attached hydrogens (tertiary/aromatic N) is 4. The minimum Gasteiger partial charge on any atom is -0.378 e. The monoisotopic (exact) mass is 509 g/mol. The maximum Gasteiger partial charge on any atom is 0.223 e. The van der Waals surface area contributed by atoms with Crippen molar-refractivity contribution in [3.63, 3.8) is 0 Å². The normalized spacial score (nSPS) is 26.3. The highest BCUT2D eigenvalue weighted by atomic mass is 79.9. The van der Waals surface area contributed by atoms with Gasteiger partial charge in [0.1, 0.15) is 17.2 Å². The maximum atomic E-state index is 12.2. The topological polar surface area (TPSA) is 122 Å². The lowest BCUT2D eigenvalue weighted by atomic mass is 9.88. The van der Waals surface area contributed by atoms with E-state index in [1.807, 2.05) is 12.1 Å². The zero-order chi connectivity index (χ0) is 22.5. The Morgan fingerprint density at radius 2 is 2.06 bits per heavy atom. The molecule has 0 aromatic carbocycles. The van der Waals surface area contributed by atoms with Gasteiger partial charge in [-0.2, -0.15) is 0 Å². The molecule has 1 aliphatic heterocycles. The van der Waals surface area contributed by atoms with Gasteiger partial charge in [-0.1, -0.05) is 12.2 Å². The lowest BCUT2D eigenvalue weighted by Gasteiger charge is -2.28. The van der Waals surface area contributed by atoms with Crippen molar-refractivity contribution in [1.82, 2.24) is 19.9 Å². The summed E-state index contributed by atoms with van der Waals surface area (Å²) in [5, 5.41) is 3.60. The molecule has 170 valence electrons. The van der Waals surface area contributed by atoms with Crippen molar-refractivity contribution >= 4 is 44.5 Å². The Morgan fingerprint density at radius 1 is 1.24 bits per heavy atom. The fourth-order valence-electron chi connectivity index (χ4n) is 5.32. The first-order chi connectivity index (χ1) is 16.1. The molecule has 0 radical (unpaired) electrons. The first kappa shape index (κ1) is 20.6. The minimum absolute atomic E-state index is 0.0556. The molecule has 1 saturated carbocycles. The molecule has 10 heteroatoms. The Bertz CT molecular complexity index is 1250. The number of aromatic amines is 1. The van der Waals surface area contributed by atoms with Gasteiger partial charge < -0.3 is 25.7 Å². The van der Waals surface area contributed by atoms with Crippen LogP contribution in [0.25, 0.3) is 22.6 Å². The maximum absolute atomic E-state index is 12.2. The van der Waals surface area contributed by atoms with Crippen molar-refractivity contribution in [2.24, 2.45) is 23.5 Å². The van der Waals surface area contributed by atoms with E-state index in [1.165, 1.54) is 0 Å². The molecule has 4 heterocycles. The summed E-state index contributed by atoms with van der Waals surface area (Å²) in [5.74, 6) is 1.61. The van der Waals surface area contributed by atoms with Crippen molar-refractivity contribution in [3.8, 4) is 11.4 Å². The summed E-state index contributed by atoms with van der Waals surface area (Å²) in [6.45, 7) is 3.04. The number of amides is 1. The number of morpholine rings is 1. The van der Waals surface area contributed by atoms with Crippen molar-refractivity contribution < 1.29 is 9.53 Å². The first-order valence-corrected chi connectivity index (χ1v) is 12.0. The number of pyridine rings is 2. The SMILES string of the molecule is NC(=O)[C@@H]1C(Nc2c(Br)cnc3nc(-c4ccnc(N5CCOCC5)c4)[nH]c23)[C@H]2C=C[C@@H]1C2. The number of primary amides is 1. The van der Waals surface area contributed by atoms with Gasteiger partial charge in [-0.3, -0.25) is 4.79 Å². The van der Waals surface area contributed by atoms with E-state index >= 15 is 0 Å². The van der Waals surface area contributed by atoms with Gasteiger partial charge in [-0.25, -0.2) is 15.0 Å². The van der Waals surface area contributed by atoms with E-state index in [0.717, 1.165) is 52.4 Å². The number of hydrogen-bond donors (Lipinski definition) is 3. The molecule has 4 N–H and O–H groups in total. The summed E-state index contributed by atoms with van der Waals surface area (Å²) in [6.07, 6.45) is 8.81. The molecule has 33 heavy (non-hydrogen) atoms. The lowest BCUT2D eigenvalue weighted by Crippen LogP contribution is -2.41. The molecule has 1 unspecified atom stereocenters. The first-order valence-electron chi connectivity index (χ1n) is 11.2. The predicted molar refractivity (Wildman–Crippen MR) is 129 cm³/mol. The number of fused-ring (bicyclic) bond motifs is 3. The number of H-pyrrole nitrogens is 1. The number of carbonyl (C=O) groups is 1. The zero-order valence-electron chi connectivity index (χ0n) is 17.9. The number of hydrogen-bond acceptors (Lipinski definition) is 7. The van der Waals surface area contributed by atoms with E-state index in [4.69, 9.17) is 15.5 Å². The third-order valence-electron chi connectivity index (χ3n) is 6.93. The number of anilines is 2. The van der Waals surface area contributed by atoms with E-state index in [1.54, 1.807) is 12.4 Å². The molecule has 2 fully saturated rings. The van der Waals surface area contributed by atoms with E-state index in [-0.39, 0.29) is 29.7 Å². The van der Waals surface area contributed by atoms with Gasteiger partial charge in [0.05, 0.1) is 29.3 Å². The van der Waals surface area contributed by atoms with Crippen LogP contribution < -0.4 is 16.0 Å².